The zero-order valence-corrected chi connectivity index (χ0v) is 9.11. The van der Waals surface area contributed by atoms with Crippen molar-refractivity contribution in [1.82, 2.24) is 0 Å². The van der Waals surface area contributed by atoms with Gasteiger partial charge in [-0.1, -0.05) is 61.6 Å². The maximum Gasteiger partial charge on any atom is 0.0178 e. The molecule has 0 heterocycles. The van der Waals surface area contributed by atoms with Gasteiger partial charge in [-0.25, -0.2) is 0 Å². The van der Waals surface area contributed by atoms with E-state index >= 15 is 0 Å². The van der Waals surface area contributed by atoms with E-state index in [0.29, 0.717) is 5.41 Å². The normalized spacial score (nSPS) is 37.1. The zero-order chi connectivity index (χ0) is 10.4. The Morgan fingerprint density at radius 2 is 1.80 bits per heavy atom. The molecule has 0 nitrogen and oxygen atoms in total. The number of fused-ring (bicyclic) bond motifs is 2. The summed E-state index contributed by atoms with van der Waals surface area (Å²) in [5, 5.41) is 0. The molecule has 2 bridgehead atoms. The van der Waals surface area contributed by atoms with Crippen molar-refractivity contribution in [2.45, 2.75) is 25.2 Å². The van der Waals surface area contributed by atoms with Gasteiger partial charge in [0, 0.05) is 10.8 Å². The van der Waals surface area contributed by atoms with Gasteiger partial charge < -0.3 is 0 Å². The van der Waals surface area contributed by atoms with E-state index in [9.17, 15) is 0 Å². The standard InChI is InChI=1S/C15H16/c1-14-8-5-9-15(12-14,11-10-14)13-6-3-2-4-7-13/h2-8,10-11H,9,12H2,1H3. The third-order valence-electron chi connectivity index (χ3n) is 3.81. The molecule has 0 saturated heterocycles. The maximum atomic E-state index is 2.42. The molecule has 0 radical (unpaired) electrons. The molecule has 0 aromatic heterocycles. The van der Waals surface area contributed by atoms with Crippen molar-refractivity contribution in [2.24, 2.45) is 5.41 Å². The van der Waals surface area contributed by atoms with Crippen molar-refractivity contribution >= 4 is 0 Å². The van der Waals surface area contributed by atoms with Crippen LogP contribution in [0.3, 0.4) is 0 Å². The van der Waals surface area contributed by atoms with E-state index < -0.39 is 0 Å². The lowest BCUT2D eigenvalue weighted by Crippen LogP contribution is -2.27. The Morgan fingerprint density at radius 3 is 2.60 bits per heavy atom. The quantitative estimate of drug-likeness (QED) is 0.598. The molecule has 0 N–H and O–H groups in total. The predicted octanol–water partition coefficient (Wildman–Crippen LogP) is 3.85. The van der Waals surface area contributed by atoms with E-state index in [4.69, 9.17) is 0 Å². The van der Waals surface area contributed by atoms with Crippen molar-refractivity contribution in [3.05, 3.63) is 60.2 Å². The molecule has 0 spiro atoms. The van der Waals surface area contributed by atoms with Crippen molar-refractivity contribution in [3.8, 4) is 0 Å². The van der Waals surface area contributed by atoms with Crippen LogP contribution < -0.4 is 0 Å². The lowest BCUT2D eigenvalue weighted by molar-refractivity contribution is 0.384. The van der Waals surface area contributed by atoms with Crippen LogP contribution in [0.4, 0.5) is 0 Å². The van der Waals surface area contributed by atoms with Crippen molar-refractivity contribution in [2.75, 3.05) is 0 Å². The minimum Gasteiger partial charge on any atom is -0.0865 e. The van der Waals surface area contributed by atoms with Gasteiger partial charge >= 0.3 is 0 Å². The molecule has 76 valence electrons. The number of benzene rings is 1. The van der Waals surface area contributed by atoms with Crippen LogP contribution in [0.15, 0.2) is 54.6 Å². The fourth-order valence-electron chi connectivity index (χ4n) is 3.03. The van der Waals surface area contributed by atoms with Crippen LogP contribution in [-0.2, 0) is 5.41 Å². The first-order valence-corrected chi connectivity index (χ1v) is 5.66. The molecule has 0 amide bonds. The summed E-state index contributed by atoms with van der Waals surface area (Å²) in [5.41, 5.74) is 2.05. The Bertz CT molecular complexity index is 427. The molecule has 1 aromatic rings. The van der Waals surface area contributed by atoms with Crippen molar-refractivity contribution in [3.63, 3.8) is 0 Å². The molecule has 15 heavy (non-hydrogen) atoms. The smallest absolute Gasteiger partial charge is 0.0178 e. The van der Waals surface area contributed by atoms with Gasteiger partial charge in [0.05, 0.1) is 0 Å². The summed E-state index contributed by atoms with van der Waals surface area (Å²) in [5.74, 6) is 0. The lowest BCUT2D eigenvalue weighted by atomic mass is 9.69. The second kappa shape index (κ2) is 2.85. The molecule has 0 heteroatoms. The van der Waals surface area contributed by atoms with Gasteiger partial charge in [0.25, 0.3) is 0 Å². The minimum absolute atomic E-state index is 0.282. The average molecular weight is 196 g/mol. The Balaban J connectivity index is 2.08. The van der Waals surface area contributed by atoms with Gasteiger partial charge in [-0.15, -0.1) is 0 Å². The van der Waals surface area contributed by atoms with Crippen LogP contribution in [0.1, 0.15) is 25.3 Å². The average Bonchev–Trinajstić information content (AvgIpc) is 2.52. The first kappa shape index (κ1) is 8.96. The van der Waals surface area contributed by atoms with Crippen molar-refractivity contribution in [1.29, 1.82) is 0 Å². The van der Waals surface area contributed by atoms with E-state index in [0.717, 1.165) is 6.42 Å². The van der Waals surface area contributed by atoms with E-state index in [1.807, 2.05) is 0 Å². The van der Waals surface area contributed by atoms with E-state index in [-0.39, 0.29) is 5.41 Å². The first-order chi connectivity index (χ1) is 7.23. The molecule has 2 unspecified atom stereocenters. The largest absolute Gasteiger partial charge is 0.0865 e. The van der Waals surface area contributed by atoms with E-state index in [1.54, 1.807) is 0 Å². The number of hydrogen-bond donors (Lipinski definition) is 0. The third kappa shape index (κ3) is 1.28. The molecule has 2 aliphatic carbocycles. The molecular formula is C15H16. The van der Waals surface area contributed by atoms with Crippen LogP contribution in [-0.4, -0.2) is 0 Å². The van der Waals surface area contributed by atoms with Gasteiger partial charge in [0.2, 0.25) is 0 Å². The summed E-state index contributed by atoms with van der Waals surface area (Å²) < 4.78 is 0. The fourth-order valence-corrected chi connectivity index (χ4v) is 3.03. The van der Waals surface area contributed by atoms with Crippen LogP contribution in [0, 0.1) is 5.41 Å². The number of hydrogen-bond acceptors (Lipinski definition) is 0. The van der Waals surface area contributed by atoms with E-state index in [2.05, 4.69) is 61.6 Å². The lowest BCUT2D eigenvalue weighted by Gasteiger charge is -2.34. The summed E-state index contributed by atoms with van der Waals surface area (Å²) in [6.07, 6.45) is 11.9. The Hall–Kier alpha value is -1.30. The molecular weight excluding hydrogens is 180 g/mol. The summed E-state index contributed by atoms with van der Waals surface area (Å²) in [6, 6.07) is 10.9. The predicted molar refractivity (Wildman–Crippen MR) is 63.7 cm³/mol. The maximum absolute atomic E-state index is 2.42. The second-order valence-corrected chi connectivity index (χ2v) is 5.14. The highest BCUT2D eigenvalue weighted by molar-refractivity contribution is 5.41. The Kier molecular flexibility index (Phi) is 1.70. The third-order valence-corrected chi connectivity index (χ3v) is 3.81. The minimum atomic E-state index is 0.282. The monoisotopic (exact) mass is 196 g/mol. The summed E-state index contributed by atoms with van der Waals surface area (Å²) >= 11 is 0. The van der Waals surface area contributed by atoms with Gasteiger partial charge in [-0.05, 0) is 18.4 Å². The number of rotatable bonds is 1. The SMILES string of the molecule is CC12C=CCC(c3ccccc3)(C=C1)C2. The van der Waals surface area contributed by atoms with Gasteiger partial charge in [-0.3, -0.25) is 0 Å². The molecule has 0 saturated carbocycles. The first-order valence-electron chi connectivity index (χ1n) is 5.66. The molecule has 3 rings (SSSR count). The second-order valence-electron chi connectivity index (χ2n) is 5.14. The zero-order valence-electron chi connectivity index (χ0n) is 9.11. The summed E-state index contributed by atoms with van der Waals surface area (Å²) in [4.78, 5) is 0. The highest BCUT2D eigenvalue weighted by atomic mass is 14.5. The topological polar surface area (TPSA) is 0 Å². The molecule has 2 atom stereocenters. The fraction of sp³-hybridized carbons (Fsp3) is 0.333. The molecule has 0 fully saturated rings. The van der Waals surface area contributed by atoms with Crippen LogP contribution >= 0.6 is 0 Å². The molecule has 1 aromatic carbocycles. The molecule has 2 aliphatic rings. The van der Waals surface area contributed by atoms with Crippen LogP contribution in [0.25, 0.3) is 0 Å². The summed E-state index contributed by atoms with van der Waals surface area (Å²) in [7, 11) is 0. The van der Waals surface area contributed by atoms with Crippen molar-refractivity contribution < 1.29 is 0 Å². The number of allylic oxidation sites excluding steroid dienone is 4. The summed E-state index contributed by atoms with van der Waals surface area (Å²) in [6.45, 7) is 2.32. The Labute approximate surface area is 91.3 Å². The van der Waals surface area contributed by atoms with Gasteiger partial charge in [0.1, 0.15) is 0 Å². The molecule has 0 aliphatic heterocycles. The van der Waals surface area contributed by atoms with E-state index in [1.165, 1.54) is 12.0 Å². The highest BCUT2D eigenvalue weighted by Crippen LogP contribution is 2.51. The highest BCUT2D eigenvalue weighted by Gasteiger charge is 2.42. The van der Waals surface area contributed by atoms with Crippen LogP contribution in [0.2, 0.25) is 0 Å². The Morgan fingerprint density at radius 1 is 1.00 bits per heavy atom. The van der Waals surface area contributed by atoms with Gasteiger partial charge in [-0.2, -0.15) is 0 Å². The van der Waals surface area contributed by atoms with Gasteiger partial charge in [0.15, 0.2) is 0 Å². The van der Waals surface area contributed by atoms with Crippen LogP contribution in [0.5, 0.6) is 0 Å².